The molecule has 0 heterocycles. The number of carboxylic acids is 1. The molecule has 3 aromatic rings. The molecule has 0 aromatic heterocycles. The lowest BCUT2D eigenvalue weighted by Gasteiger charge is -2.16. The van der Waals surface area contributed by atoms with Gasteiger partial charge in [-0.05, 0) is 40.5 Å². The van der Waals surface area contributed by atoms with Crippen molar-refractivity contribution in [2.24, 2.45) is 0 Å². The van der Waals surface area contributed by atoms with Crippen molar-refractivity contribution in [3.05, 3.63) is 89.2 Å². The van der Waals surface area contributed by atoms with Crippen LogP contribution in [-0.2, 0) is 14.3 Å². The molecule has 35 heavy (non-hydrogen) atoms. The molecule has 0 aliphatic heterocycles. The molecule has 0 spiro atoms. The first-order valence-electron chi connectivity index (χ1n) is 10.8. The van der Waals surface area contributed by atoms with Gasteiger partial charge in [0.05, 0.1) is 12.2 Å². The molecule has 0 saturated carbocycles. The van der Waals surface area contributed by atoms with Gasteiger partial charge in [-0.2, -0.15) is 0 Å². The zero-order chi connectivity index (χ0) is 24.9. The van der Waals surface area contributed by atoms with Crippen LogP contribution in [0.1, 0.15) is 27.4 Å². The molecule has 2 amide bonds. The van der Waals surface area contributed by atoms with E-state index in [0.29, 0.717) is 0 Å². The standard InChI is InChI=1S/C26H23FN2O6/c1-34-14-23(25(31)32)29-24(30)20-12-15(10-11-22(20)27)28-26(33)35-13-21-18-8-4-2-6-16(18)17-7-3-5-9-19(17)21/h2-12,21,23H,13-14H2,1H3,(H,28,33)(H,29,30)(H,31,32). The Hall–Kier alpha value is -4.24. The van der Waals surface area contributed by atoms with Crippen LogP contribution < -0.4 is 10.6 Å². The van der Waals surface area contributed by atoms with Crippen LogP contribution in [0.3, 0.4) is 0 Å². The Morgan fingerprint density at radius 1 is 1.00 bits per heavy atom. The normalized spacial score (nSPS) is 12.9. The summed E-state index contributed by atoms with van der Waals surface area (Å²) in [5.41, 5.74) is 4.01. The second kappa shape index (κ2) is 10.4. The van der Waals surface area contributed by atoms with Gasteiger partial charge in [0.15, 0.2) is 6.04 Å². The predicted molar refractivity (Wildman–Crippen MR) is 126 cm³/mol. The van der Waals surface area contributed by atoms with Gasteiger partial charge >= 0.3 is 12.1 Å². The highest BCUT2D eigenvalue weighted by Crippen LogP contribution is 2.44. The molecule has 9 heteroatoms. The van der Waals surface area contributed by atoms with Crippen LogP contribution >= 0.6 is 0 Å². The second-order valence-corrected chi connectivity index (χ2v) is 7.96. The van der Waals surface area contributed by atoms with E-state index in [1.54, 1.807) is 0 Å². The molecule has 0 bridgehead atoms. The van der Waals surface area contributed by atoms with Crippen LogP contribution in [0.2, 0.25) is 0 Å². The van der Waals surface area contributed by atoms with Crippen molar-refractivity contribution >= 4 is 23.7 Å². The van der Waals surface area contributed by atoms with Crippen LogP contribution in [0, 0.1) is 5.82 Å². The first-order valence-corrected chi connectivity index (χ1v) is 10.8. The number of halogens is 1. The molecule has 0 radical (unpaired) electrons. The van der Waals surface area contributed by atoms with Crippen molar-refractivity contribution in [2.45, 2.75) is 12.0 Å². The van der Waals surface area contributed by atoms with E-state index < -0.39 is 35.4 Å². The minimum absolute atomic E-state index is 0.0890. The predicted octanol–water partition coefficient (Wildman–Crippen LogP) is 4.02. The molecule has 180 valence electrons. The first kappa shape index (κ1) is 23.9. The lowest BCUT2D eigenvalue weighted by molar-refractivity contribution is -0.140. The summed E-state index contributed by atoms with van der Waals surface area (Å²) in [4.78, 5) is 36.1. The third kappa shape index (κ3) is 5.15. The van der Waals surface area contributed by atoms with E-state index in [0.717, 1.165) is 34.4 Å². The third-order valence-electron chi connectivity index (χ3n) is 5.74. The van der Waals surface area contributed by atoms with Crippen LogP contribution in [0.5, 0.6) is 0 Å². The zero-order valence-electron chi connectivity index (χ0n) is 18.8. The number of amides is 2. The molecular weight excluding hydrogens is 455 g/mol. The number of hydrogen-bond donors (Lipinski definition) is 3. The fourth-order valence-electron chi connectivity index (χ4n) is 4.11. The molecule has 1 aliphatic carbocycles. The number of fused-ring (bicyclic) bond motifs is 3. The molecular formula is C26H23FN2O6. The van der Waals surface area contributed by atoms with Gasteiger partial charge in [0.2, 0.25) is 0 Å². The Morgan fingerprint density at radius 3 is 2.23 bits per heavy atom. The fourth-order valence-corrected chi connectivity index (χ4v) is 4.11. The van der Waals surface area contributed by atoms with Crippen molar-refractivity contribution in [3.63, 3.8) is 0 Å². The van der Waals surface area contributed by atoms with Gasteiger partial charge in [0.25, 0.3) is 5.91 Å². The van der Waals surface area contributed by atoms with Crippen molar-refractivity contribution in [3.8, 4) is 11.1 Å². The Balaban J connectivity index is 1.43. The quantitative estimate of drug-likeness (QED) is 0.451. The van der Waals surface area contributed by atoms with E-state index in [4.69, 9.17) is 14.6 Å². The highest BCUT2D eigenvalue weighted by molar-refractivity contribution is 5.98. The summed E-state index contributed by atoms with van der Waals surface area (Å²) < 4.78 is 24.5. The molecule has 3 N–H and O–H groups in total. The highest BCUT2D eigenvalue weighted by atomic mass is 19.1. The summed E-state index contributed by atoms with van der Waals surface area (Å²) in [6, 6.07) is 17.9. The zero-order valence-corrected chi connectivity index (χ0v) is 18.8. The molecule has 4 rings (SSSR count). The Morgan fingerprint density at radius 2 is 1.63 bits per heavy atom. The van der Waals surface area contributed by atoms with E-state index in [1.807, 2.05) is 48.5 Å². The lowest BCUT2D eigenvalue weighted by Crippen LogP contribution is -2.44. The third-order valence-corrected chi connectivity index (χ3v) is 5.74. The van der Waals surface area contributed by atoms with E-state index in [2.05, 4.69) is 10.6 Å². The average Bonchev–Trinajstić information content (AvgIpc) is 3.17. The van der Waals surface area contributed by atoms with E-state index in [-0.39, 0.29) is 24.8 Å². The number of methoxy groups -OCH3 is 1. The number of anilines is 1. The summed E-state index contributed by atoms with van der Waals surface area (Å²) in [7, 11) is 1.28. The number of benzene rings is 3. The van der Waals surface area contributed by atoms with E-state index in [9.17, 15) is 18.8 Å². The second-order valence-electron chi connectivity index (χ2n) is 7.96. The average molecular weight is 478 g/mol. The lowest BCUT2D eigenvalue weighted by atomic mass is 9.98. The number of carbonyl (C=O) groups excluding carboxylic acids is 2. The van der Waals surface area contributed by atoms with Crippen LogP contribution in [-0.4, -0.2) is 49.4 Å². The molecule has 1 atom stereocenters. The molecule has 0 fully saturated rings. The maximum atomic E-state index is 14.2. The molecule has 8 nitrogen and oxygen atoms in total. The minimum atomic E-state index is -1.36. The van der Waals surface area contributed by atoms with Crippen molar-refractivity contribution in [1.29, 1.82) is 0 Å². The highest BCUT2D eigenvalue weighted by Gasteiger charge is 2.29. The smallest absolute Gasteiger partial charge is 0.411 e. The SMILES string of the molecule is COCC(NC(=O)c1cc(NC(=O)OCC2c3ccccc3-c3ccccc32)ccc1F)C(=O)O. The van der Waals surface area contributed by atoms with E-state index in [1.165, 1.54) is 13.2 Å². The minimum Gasteiger partial charge on any atom is -0.480 e. The number of ether oxygens (including phenoxy) is 2. The number of nitrogens with one attached hydrogen (secondary N) is 2. The summed E-state index contributed by atoms with van der Waals surface area (Å²) in [6.45, 7) is -0.202. The number of aliphatic carboxylic acids is 1. The van der Waals surface area contributed by atoms with Gasteiger partial charge in [-0.1, -0.05) is 48.5 Å². The van der Waals surface area contributed by atoms with Gasteiger partial charge in [0, 0.05) is 18.7 Å². The van der Waals surface area contributed by atoms with Crippen molar-refractivity contribution in [2.75, 3.05) is 25.6 Å². The van der Waals surface area contributed by atoms with Crippen LogP contribution in [0.25, 0.3) is 11.1 Å². The van der Waals surface area contributed by atoms with Crippen LogP contribution in [0.15, 0.2) is 66.7 Å². The summed E-state index contributed by atoms with van der Waals surface area (Å²) in [5, 5.41) is 13.8. The number of hydrogen-bond acceptors (Lipinski definition) is 5. The maximum Gasteiger partial charge on any atom is 0.411 e. The number of rotatable bonds is 8. The topological polar surface area (TPSA) is 114 Å². The number of carboxylic acid groups (broad SMARTS) is 1. The molecule has 1 unspecified atom stereocenters. The summed E-state index contributed by atoms with van der Waals surface area (Å²) in [5.74, 6) is -3.28. The van der Waals surface area contributed by atoms with Crippen molar-refractivity contribution in [1.82, 2.24) is 5.32 Å². The molecule has 0 saturated heterocycles. The maximum absolute atomic E-state index is 14.2. The van der Waals surface area contributed by atoms with Crippen LogP contribution in [0.4, 0.5) is 14.9 Å². The summed E-state index contributed by atoms with van der Waals surface area (Å²) >= 11 is 0. The Labute approximate surface area is 200 Å². The van der Waals surface area contributed by atoms with E-state index >= 15 is 0 Å². The molecule has 1 aliphatic rings. The van der Waals surface area contributed by atoms with Gasteiger partial charge < -0.3 is 19.9 Å². The van der Waals surface area contributed by atoms with Gasteiger partial charge in [-0.15, -0.1) is 0 Å². The monoisotopic (exact) mass is 478 g/mol. The largest absolute Gasteiger partial charge is 0.480 e. The van der Waals surface area contributed by atoms with Gasteiger partial charge in [-0.3, -0.25) is 10.1 Å². The number of carbonyl (C=O) groups is 3. The molecule has 3 aromatic carbocycles. The Bertz CT molecular complexity index is 1230. The fraction of sp³-hybridized carbons (Fsp3) is 0.192. The first-order chi connectivity index (χ1) is 16.9. The van der Waals surface area contributed by atoms with Crippen molar-refractivity contribution < 1.29 is 33.4 Å². The Kier molecular flexibility index (Phi) is 7.07. The van der Waals surface area contributed by atoms with Gasteiger partial charge in [0.1, 0.15) is 12.4 Å². The van der Waals surface area contributed by atoms with Gasteiger partial charge in [-0.25, -0.2) is 14.0 Å². The summed E-state index contributed by atoms with van der Waals surface area (Å²) in [6.07, 6.45) is -0.771.